The van der Waals surface area contributed by atoms with E-state index in [4.69, 9.17) is 5.73 Å². The van der Waals surface area contributed by atoms with Gasteiger partial charge in [-0.25, -0.2) is 0 Å². The van der Waals surface area contributed by atoms with Gasteiger partial charge in [-0.05, 0) is 60.4 Å². The van der Waals surface area contributed by atoms with Crippen molar-refractivity contribution in [2.24, 2.45) is 5.73 Å². The average molecular weight is 335 g/mol. The topological polar surface area (TPSA) is 42.1 Å². The molecule has 1 aromatic heterocycles. The Bertz CT molecular complexity index is 343. The molecule has 1 aliphatic rings. The van der Waals surface area contributed by atoms with Crippen molar-refractivity contribution in [3.05, 3.63) is 28.5 Å². The van der Waals surface area contributed by atoms with Crippen LogP contribution in [0.3, 0.4) is 0 Å². The maximum atomic E-state index is 5.69. The molecule has 5 heteroatoms. The largest absolute Gasteiger partial charge is 0.330 e. The minimum Gasteiger partial charge on any atom is -0.330 e. The van der Waals surface area contributed by atoms with E-state index in [2.05, 4.69) is 37.9 Å². The smallest absolute Gasteiger partial charge is 0.0544 e. The van der Waals surface area contributed by atoms with Crippen LogP contribution in [0.4, 0.5) is 0 Å². The fraction of sp³-hybridized carbons (Fsp3) is 0.615. The summed E-state index contributed by atoms with van der Waals surface area (Å²) in [4.78, 5) is 6.98. The predicted octanol–water partition coefficient (Wildman–Crippen LogP) is 2.97. The van der Waals surface area contributed by atoms with Crippen LogP contribution in [0.2, 0.25) is 0 Å². The number of pyridine rings is 1. The summed E-state index contributed by atoms with van der Waals surface area (Å²) in [5, 5.41) is 0. The van der Waals surface area contributed by atoms with Gasteiger partial charge in [0.2, 0.25) is 0 Å². The number of aromatic nitrogens is 1. The lowest BCUT2D eigenvalue weighted by Crippen LogP contribution is -2.40. The molecule has 3 nitrogen and oxygen atoms in total. The first kappa shape index (κ1) is 15.9. The molecule has 0 spiro atoms. The molecule has 0 bridgehead atoms. The number of hydrogen-bond donors (Lipinski definition) is 1. The molecule has 1 unspecified atom stereocenters. The highest BCUT2D eigenvalue weighted by Crippen LogP contribution is 2.21. The van der Waals surface area contributed by atoms with Crippen molar-refractivity contribution in [3.63, 3.8) is 0 Å². The van der Waals surface area contributed by atoms with Crippen molar-refractivity contribution < 1.29 is 0 Å². The SMILES string of the molecule is Cl.NCCC1CCCCN1Cc1ccc(Br)cn1. The first-order valence-electron chi connectivity index (χ1n) is 6.34. The zero-order valence-electron chi connectivity index (χ0n) is 10.5. The van der Waals surface area contributed by atoms with E-state index in [1.807, 2.05) is 6.20 Å². The molecule has 1 atom stereocenters. The van der Waals surface area contributed by atoms with E-state index in [-0.39, 0.29) is 12.4 Å². The molecular weight excluding hydrogens is 314 g/mol. The molecule has 18 heavy (non-hydrogen) atoms. The highest BCUT2D eigenvalue weighted by Gasteiger charge is 2.21. The second kappa shape index (κ2) is 8.10. The van der Waals surface area contributed by atoms with Crippen LogP contribution < -0.4 is 5.73 Å². The molecule has 0 amide bonds. The molecular formula is C13H21BrClN3. The van der Waals surface area contributed by atoms with Gasteiger partial charge in [-0.1, -0.05) is 6.42 Å². The number of nitrogens with two attached hydrogens (primary N) is 1. The third-order valence-corrected chi connectivity index (χ3v) is 3.87. The van der Waals surface area contributed by atoms with Crippen LogP contribution in [0, 0.1) is 0 Å². The second-order valence-electron chi connectivity index (χ2n) is 4.67. The van der Waals surface area contributed by atoms with E-state index in [0.29, 0.717) is 6.04 Å². The number of hydrogen-bond acceptors (Lipinski definition) is 3. The van der Waals surface area contributed by atoms with E-state index in [0.717, 1.165) is 29.7 Å². The van der Waals surface area contributed by atoms with Crippen LogP contribution >= 0.6 is 28.3 Å². The number of nitrogens with zero attached hydrogens (tertiary/aromatic N) is 2. The van der Waals surface area contributed by atoms with Crippen LogP contribution in [-0.2, 0) is 6.54 Å². The summed E-state index contributed by atoms with van der Waals surface area (Å²) in [6.07, 6.45) is 6.91. The number of halogens is 2. The molecule has 2 heterocycles. The lowest BCUT2D eigenvalue weighted by atomic mass is 9.99. The average Bonchev–Trinajstić information content (AvgIpc) is 2.35. The Labute approximate surface area is 124 Å². The van der Waals surface area contributed by atoms with Crippen molar-refractivity contribution >= 4 is 28.3 Å². The van der Waals surface area contributed by atoms with E-state index >= 15 is 0 Å². The molecule has 1 aliphatic heterocycles. The van der Waals surface area contributed by atoms with Crippen LogP contribution in [0.1, 0.15) is 31.4 Å². The number of likely N-dealkylation sites (tertiary alicyclic amines) is 1. The van der Waals surface area contributed by atoms with Gasteiger partial charge in [0.1, 0.15) is 0 Å². The summed E-state index contributed by atoms with van der Waals surface area (Å²) in [5.41, 5.74) is 6.84. The highest BCUT2D eigenvalue weighted by molar-refractivity contribution is 9.10. The lowest BCUT2D eigenvalue weighted by molar-refractivity contribution is 0.132. The first-order chi connectivity index (χ1) is 8.29. The second-order valence-corrected chi connectivity index (χ2v) is 5.58. The third kappa shape index (κ3) is 4.50. The van der Waals surface area contributed by atoms with Gasteiger partial charge < -0.3 is 5.73 Å². The van der Waals surface area contributed by atoms with Gasteiger partial charge in [0, 0.05) is 23.3 Å². The molecule has 1 saturated heterocycles. The summed E-state index contributed by atoms with van der Waals surface area (Å²) in [7, 11) is 0. The minimum atomic E-state index is 0. The lowest BCUT2D eigenvalue weighted by Gasteiger charge is -2.35. The monoisotopic (exact) mass is 333 g/mol. The normalized spacial score (nSPS) is 20.4. The van der Waals surface area contributed by atoms with Gasteiger partial charge in [0.05, 0.1) is 5.69 Å². The van der Waals surface area contributed by atoms with Crippen molar-refractivity contribution in [3.8, 4) is 0 Å². The van der Waals surface area contributed by atoms with Crippen LogP contribution in [0.25, 0.3) is 0 Å². The zero-order valence-corrected chi connectivity index (χ0v) is 12.9. The summed E-state index contributed by atoms with van der Waals surface area (Å²) in [5.74, 6) is 0. The Kier molecular flexibility index (Phi) is 7.15. The highest BCUT2D eigenvalue weighted by atomic mass is 79.9. The first-order valence-corrected chi connectivity index (χ1v) is 7.13. The van der Waals surface area contributed by atoms with Gasteiger partial charge in [0.25, 0.3) is 0 Å². The molecule has 0 aliphatic carbocycles. The quantitative estimate of drug-likeness (QED) is 0.920. The summed E-state index contributed by atoms with van der Waals surface area (Å²) in [6.45, 7) is 2.93. The summed E-state index contributed by atoms with van der Waals surface area (Å²) < 4.78 is 1.04. The van der Waals surface area contributed by atoms with Crippen molar-refractivity contribution in [2.45, 2.75) is 38.3 Å². The van der Waals surface area contributed by atoms with Gasteiger partial charge in [-0.2, -0.15) is 0 Å². The van der Waals surface area contributed by atoms with Gasteiger partial charge >= 0.3 is 0 Å². The molecule has 1 aromatic rings. The predicted molar refractivity (Wildman–Crippen MR) is 80.9 cm³/mol. The minimum absolute atomic E-state index is 0. The van der Waals surface area contributed by atoms with Gasteiger partial charge in [-0.15, -0.1) is 12.4 Å². The van der Waals surface area contributed by atoms with Gasteiger partial charge in [-0.3, -0.25) is 9.88 Å². The summed E-state index contributed by atoms with van der Waals surface area (Å²) >= 11 is 3.41. The Balaban J connectivity index is 0.00000162. The van der Waals surface area contributed by atoms with Crippen LogP contribution in [0.5, 0.6) is 0 Å². The van der Waals surface area contributed by atoms with Crippen molar-refractivity contribution in [2.75, 3.05) is 13.1 Å². The van der Waals surface area contributed by atoms with E-state index in [1.165, 1.54) is 25.8 Å². The maximum Gasteiger partial charge on any atom is 0.0544 e. The van der Waals surface area contributed by atoms with E-state index in [1.54, 1.807) is 0 Å². The Morgan fingerprint density at radius 1 is 1.39 bits per heavy atom. The zero-order chi connectivity index (χ0) is 12.1. The Hall–Kier alpha value is -0.160. The molecule has 2 rings (SSSR count). The van der Waals surface area contributed by atoms with Crippen LogP contribution in [-0.4, -0.2) is 29.0 Å². The van der Waals surface area contributed by atoms with Gasteiger partial charge in [0.15, 0.2) is 0 Å². The maximum absolute atomic E-state index is 5.69. The fourth-order valence-electron chi connectivity index (χ4n) is 2.50. The number of piperidine rings is 1. The molecule has 0 aromatic carbocycles. The van der Waals surface area contributed by atoms with E-state index in [9.17, 15) is 0 Å². The molecule has 1 fully saturated rings. The van der Waals surface area contributed by atoms with Crippen LogP contribution in [0.15, 0.2) is 22.8 Å². The molecule has 0 saturated carbocycles. The van der Waals surface area contributed by atoms with Crippen molar-refractivity contribution in [1.82, 2.24) is 9.88 Å². The molecule has 2 N–H and O–H groups in total. The van der Waals surface area contributed by atoms with Crippen molar-refractivity contribution in [1.29, 1.82) is 0 Å². The molecule has 0 radical (unpaired) electrons. The van der Waals surface area contributed by atoms with E-state index < -0.39 is 0 Å². The Morgan fingerprint density at radius 2 is 2.22 bits per heavy atom. The fourth-order valence-corrected chi connectivity index (χ4v) is 2.73. The third-order valence-electron chi connectivity index (χ3n) is 3.40. The summed E-state index contributed by atoms with van der Waals surface area (Å²) in [6, 6.07) is 4.81. The molecule has 102 valence electrons. The number of rotatable bonds is 4. The Morgan fingerprint density at radius 3 is 2.89 bits per heavy atom. The standard InChI is InChI=1S/C13H20BrN3.ClH/c14-11-4-5-12(16-9-11)10-17-8-2-1-3-13(17)6-7-15;/h4-5,9,13H,1-3,6-8,10,15H2;1H.